The van der Waals surface area contributed by atoms with Crippen LogP contribution in [-0.4, -0.2) is 48.0 Å². The molecule has 0 radical (unpaired) electrons. The molecule has 1 unspecified atom stereocenters. The molecule has 0 aliphatic carbocycles. The third-order valence-corrected chi connectivity index (χ3v) is 1.95. The van der Waals surface area contributed by atoms with E-state index in [0.717, 1.165) is 4.90 Å². The number of carbonyl (C=O) groups excluding carboxylic acids is 3. The van der Waals surface area contributed by atoms with Crippen molar-refractivity contribution in [1.82, 2.24) is 4.90 Å². The van der Waals surface area contributed by atoms with Crippen molar-refractivity contribution in [2.45, 2.75) is 32.4 Å². The predicted octanol–water partition coefficient (Wildman–Crippen LogP) is 0.442. The SMILES string of the molecule is CC(C)(C)OC(=O)N1COC(=O)C1CN=C=O. The number of esters is 1. The van der Waals surface area contributed by atoms with Crippen LogP contribution in [0.5, 0.6) is 0 Å². The summed E-state index contributed by atoms with van der Waals surface area (Å²) in [4.78, 5) is 37.4. The Hall–Kier alpha value is -1.88. The van der Waals surface area contributed by atoms with E-state index in [1.54, 1.807) is 20.8 Å². The van der Waals surface area contributed by atoms with E-state index in [1.165, 1.54) is 6.08 Å². The van der Waals surface area contributed by atoms with Gasteiger partial charge in [-0.2, -0.15) is 0 Å². The second-order valence-electron chi connectivity index (χ2n) is 4.49. The van der Waals surface area contributed by atoms with Gasteiger partial charge in [0.15, 0.2) is 12.8 Å². The zero-order valence-electron chi connectivity index (χ0n) is 9.93. The Labute approximate surface area is 98.4 Å². The second kappa shape index (κ2) is 4.97. The second-order valence-corrected chi connectivity index (χ2v) is 4.49. The molecule has 1 aliphatic heterocycles. The summed E-state index contributed by atoms with van der Waals surface area (Å²) in [7, 11) is 0. The summed E-state index contributed by atoms with van der Waals surface area (Å²) < 4.78 is 9.80. The van der Waals surface area contributed by atoms with Crippen molar-refractivity contribution in [3.05, 3.63) is 0 Å². The first-order chi connectivity index (χ1) is 7.85. The molecule has 1 heterocycles. The lowest BCUT2D eigenvalue weighted by molar-refractivity contribution is -0.138. The van der Waals surface area contributed by atoms with Crippen molar-refractivity contribution in [1.29, 1.82) is 0 Å². The fraction of sp³-hybridized carbons (Fsp3) is 0.700. The molecule has 1 amide bonds. The van der Waals surface area contributed by atoms with Crippen molar-refractivity contribution in [2.75, 3.05) is 13.3 Å². The Morgan fingerprint density at radius 1 is 1.65 bits per heavy atom. The van der Waals surface area contributed by atoms with Gasteiger partial charge >= 0.3 is 12.1 Å². The van der Waals surface area contributed by atoms with Gasteiger partial charge in [-0.05, 0) is 20.8 Å². The van der Waals surface area contributed by atoms with Gasteiger partial charge in [0.2, 0.25) is 6.08 Å². The van der Waals surface area contributed by atoms with Crippen LogP contribution < -0.4 is 0 Å². The number of nitrogens with zero attached hydrogens (tertiary/aromatic N) is 2. The lowest BCUT2D eigenvalue weighted by Crippen LogP contribution is -2.43. The van der Waals surface area contributed by atoms with Gasteiger partial charge in [-0.1, -0.05) is 0 Å². The number of carbonyl (C=O) groups is 2. The molecule has 94 valence electrons. The Morgan fingerprint density at radius 3 is 2.82 bits per heavy atom. The Bertz CT molecular complexity index is 367. The van der Waals surface area contributed by atoms with Crippen molar-refractivity contribution in [2.24, 2.45) is 4.99 Å². The van der Waals surface area contributed by atoms with Gasteiger partial charge in [0.25, 0.3) is 0 Å². The quantitative estimate of drug-likeness (QED) is 0.398. The van der Waals surface area contributed by atoms with Crippen molar-refractivity contribution in [3.63, 3.8) is 0 Å². The molecule has 1 saturated heterocycles. The maximum Gasteiger partial charge on any atom is 0.413 e. The molecule has 0 aromatic carbocycles. The molecule has 1 fully saturated rings. The van der Waals surface area contributed by atoms with Crippen LogP contribution in [-0.2, 0) is 19.1 Å². The van der Waals surface area contributed by atoms with E-state index in [9.17, 15) is 14.4 Å². The van der Waals surface area contributed by atoms with Gasteiger partial charge in [-0.25, -0.2) is 19.4 Å². The number of hydrogen-bond donors (Lipinski definition) is 0. The summed E-state index contributed by atoms with van der Waals surface area (Å²) in [5.41, 5.74) is -0.665. The van der Waals surface area contributed by atoms with Gasteiger partial charge in [-0.3, -0.25) is 4.90 Å². The first-order valence-electron chi connectivity index (χ1n) is 5.05. The van der Waals surface area contributed by atoms with Crippen LogP contribution in [0.15, 0.2) is 4.99 Å². The zero-order chi connectivity index (χ0) is 13.1. The monoisotopic (exact) mass is 242 g/mol. The summed E-state index contributed by atoms with van der Waals surface area (Å²) in [5, 5.41) is 0. The molecule has 7 heteroatoms. The molecule has 0 aromatic heterocycles. The largest absolute Gasteiger partial charge is 0.444 e. The van der Waals surface area contributed by atoms with Crippen LogP contribution >= 0.6 is 0 Å². The van der Waals surface area contributed by atoms with Crippen LogP contribution in [0.4, 0.5) is 4.79 Å². The summed E-state index contributed by atoms with van der Waals surface area (Å²) in [5.74, 6) is -0.602. The van der Waals surface area contributed by atoms with E-state index in [1.807, 2.05) is 0 Å². The fourth-order valence-corrected chi connectivity index (χ4v) is 1.24. The number of amides is 1. The number of isocyanates is 1. The molecule has 0 aromatic rings. The maximum absolute atomic E-state index is 11.7. The van der Waals surface area contributed by atoms with Gasteiger partial charge in [0.05, 0.1) is 6.54 Å². The lowest BCUT2D eigenvalue weighted by atomic mass is 10.2. The summed E-state index contributed by atoms with van der Waals surface area (Å²) in [6.45, 7) is 4.78. The summed E-state index contributed by atoms with van der Waals surface area (Å²) in [6.07, 6.45) is 0.640. The van der Waals surface area contributed by atoms with Crippen molar-refractivity contribution >= 4 is 18.1 Å². The van der Waals surface area contributed by atoms with Gasteiger partial charge in [0, 0.05) is 0 Å². The minimum absolute atomic E-state index is 0.165. The van der Waals surface area contributed by atoms with Crippen molar-refractivity contribution < 1.29 is 23.9 Å². The van der Waals surface area contributed by atoms with Gasteiger partial charge < -0.3 is 9.47 Å². The van der Waals surface area contributed by atoms with E-state index in [-0.39, 0.29) is 13.3 Å². The average molecular weight is 242 g/mol. The Kier molecular flexibility index (Phi) is 3.85. The number of cyclic esters (lactones) is 1. The molecule has 7 nitrogen and oxygen atoms in total. The van der Waals surface area contributed by atoms with Crippen molar-refractivity contribution in [3.8, 4) is 0 Å². The van der Waals surface area contributed by atoms with Gasteiger partial charge in [-0.15, -0.1) is 0 Å². The van der Waals surface area contributed by atoms with Crippen LogP contribution in [0, 0.1) is 0 Å². The Morgan fingerprint density at radius 2 is 2.29 bits per heavy atom. The molecule has 1 aliphatic rings. The molecule has 17 heavy (non-hydrogen) atoms. The minimum Gasteiger partial charge on any atom is -0.444 e. The normalized spacial score (nSPS) is 19.6. The standard InChI is InChI=1S/C10H14N2O5/c1-10(2,3)17-9(15)12-6-16-8(14)7(12)4-11-5-13/h7H,4,6H2,1-3H3. The molecular weight excluding hydrogens is 228 g/mol. The molecular formula is C10H14N2O5. The fourth-order valence-electron chi connectivity index (χ4n) is 1.24. The van der Waals surface area contributed by atoms with E-state index < -0.39 is 23.7 Å². The first-order valence-corrected chi connectivity index (χ1v) is 5.05. The molecule has 1 rings (SSSR count). The predicted molar refractivity (Wildman–Crippen MR) is 55.8 cm³/mol. The van der Waals surface area contributed by atoms with Gasteiger partial charge in [0.1, 0.15) is 5.60 Å². The van der Waals surface area contributed by atoms with Crippen LogP contribution in [0.1, 0.15) is 20.8 Å². The maximum atomic E-state index is 11.7. The van der Waals surface area contributed by atoms with E-state index >= 15 is 0 Å². The highest BCUT2D eigenvalue weighted by Gasteiger charge is 2.39. The molecule has 0 spiro atoms. The smallest absolute Gasteiger partial charge is 0.413 e. The topological polar surface area (TPSA) is 85.3 Å². The van der Waals surface area contributed by atoms with Crippen LogP contribution in [0.3, 0.4) is 0 Å². The zero-order valence-corrected chi connectivity index (χ0v) is 9.93. The lowest BCUT2D eigenvalue weighted by Gasteiger charge is -2.25. The van der Waals surface area contributed by atoms with Crippen LogP contribution in [0.2, 0.25) is 0 Å². The molecule has 0 N–H and O–H groups in total. The number of rotatable bonds is 2. The third-order valence-electron chi connectivity index (χ3n) is 1.95. The molecule has 1 atom stereocenters. The van der Waals surface area contributed by atoms with E-state index in [4.69, 9.17) is 9.47 Å². The highest BCUT2D eigenvalue weighted by atomic mass is 16.6. The number of hydrogen-bond acceptors (Lipinski definition) is 6. The summed E-state index contributed by atoms with van der Waals surface area (Å²) >= 11 is 0. The number of aliphatic imine (C=N–C) groups is 1. The Balaban J connectivity index is 2.71. The minimum atomic E-state index is -0.911. The average Bonchev–Trinajstić information content (AvgIpc) is 2.54. The van der Waals surface area contributed by atoms with Crippen LogP contribution in [0.25, 0.3) is 0 Å². The van der Waals surface area contributed by atoms with E-state index in [0.29, 0.717) is 0 Å². The third kappa shape index (κ3) is 3.57. The summed E-state index contributed by atoms with van der Waals surface area (Å²) in [6, 6.07) is -0.911. The highest BCUT2D eigenvalue weighted by molar-refractivity contribution is 5.84. The highest BCUT2D eigenvalue weighted by Crippen LogP contribution is 2.17. The molecule has 0 bridgehead atoms. The number of ether oxygens (including phenoxy) is 2. The first kappa shape index (κ1) is 13.2. The van der Waals surface area contributed by atoms with E-state index in [2.05, 4.69) is 4.99 Å². The molecule has 0 saturated carbocycles.